The first kappa shape index (κ1) is 25.8. The van der Waals surface area contributed by atoms with Crippen molar-refractivity contribution in [3.63, 3.8) is 0 Å². The largest absolute Gasteiger partial charge is 0.495 e. The number of methoxy groups -OCH3 is 1. The number of amides is 2. The van der Waals surface area contributed by atoms with E-state index in [4.69, 9.17) is 4.74 Å². The first-order valence-electron chi connectivity index (χ1n) is 11.2. The van der Waals surface area contributed by atoms with Gasteiger partial charge in [-0.15, -0.1) is 0 Å². The van der Waals surface area contributed by atoms with Crippen LogP contribution in [0.1, 0.15) is 29.3 Å². The second-order valence-corrected chi connectivity index (χ2v) is 9.71. The Bertz CT molecular complexity index is 1290. The Hall–Kier alpha value is -3.85. The van der Waals surface area contributed by atoms with E-state index < -0.39 is 22.5 Å². The molecule has 0 atom stereocenters. The average Bonchev–Trinajstić information content (AvgIpc) is 2.86. The molecule has 3 aromatic carbocycles. The van der Waals surface area contributed by atoms with Crippen LogP contribution in [-0.2, 0) is 14.8 Å². The maximum atomic E-state index is 13.6. The summed E-state index contributed by atoms with van der Waals surface area (Å²) in [6.45, 7) is 3.77. The topological polar surface area (TPSA) is 105 Å². The number of carbonyl (C=O) groups is 2. The summed E-state index contributed by atoms with van der Waals surface area (Å²) in [4.78, 5) is 25.7. The third-order valence-electron chi connectivity index (χ3n) is 5.23. The maximum absolute atomic E-state index is 13.6. The predicted molar refractivity (Wildman–Crippen MR) is 136 cm³/mol. The van der Waals surface area contributed by atoms with E-state index in [-0.39, 0.29) is 16.5 Å². The summed E-state index contributed by atoms with van der Waals surface area (Å²) in [5.41, 5.74) is 1.71. The van der Waals surface area contributed by atoms with Crippen LogP contribution in [0.15, 0.2) is 77.7 Å². The summed E-state index contributed by atoms with van der Waals surface area (Å²) >= 11 is 0. The number of nitrogens with one attached hydrogen (secondary N) is 2. The summed E-state index contributed by atoms with van der Waals surface area (Å²) < 4.78 is 33.6. The molecule has 0 fully saturated rings. The van der Waals surface area contributed by atoms with Gasteiger partial charge >= 0.3 is 0 Å². The van der Waals surface area contributed by atoms with Gasteiger partial charge in [-0.2, -0.15) is 0 Å². The van der Waals surface area contributed by atoms with Crippen molar-refractivity contribution in [2.45, 2.75) is 25.2 Å². The van der Waals surface area contributed by atoms with Gasteiger partial charge in [0.15, 0.2) is 0 Å². The fourth-order valence-electron chi connectivity index (χ4n) is 3.42. The molecular formula is C26H29N3O5S. The van der Waals surface area contributed by atoms with Crippen molar-refractivity contribution in [1.29, 1.82) is 0 Å². The summed E-state index contributed by atoms with van der Waals surface area (Å²) in [6.07, 6.45) is 0.769. The van der Waals surface area contributed by atoms with Crippen LogP contribution in [-0.4, -0.2) is 40.4 Å². The number of carbonyl (C=O) groups excluding carboxylic acids is 2. The molecule has 184 valence electrons. The molecule has 0 saturated heterocycles. The zero-order valence-corrected chi connectivity index (χ0v) is 20.8. The molecule has 35 heavy (non-hydrogen) atoms. The molecule has 0 heterocycles. The lowest BCUT2D eigenvalue weighted by Gasteiger charge is -2.26. The van der Waals surface area contributed by atoms with Crippen molar-refractivity contribution < 1.29 is 22.7 Å². The Morgan fingerprint density at radius 1 is 0.943 bits per heavy atom. The van der Waals surface area contributed by atoms with E-state index in [1.165, 1.54) is 19.2 Å². The molecule has 0 aromatic heterocycles. The lowest BCUT2D eigenvalue weighted by molar-refractivity contribution is -0.114. The molecule has 0 bridgehead atoms. The van der Waals surface area contributed by atoms with E-state index in [1.54, 1.807) is 60.7 Å². The van der Waals surface area contributed by atoms with Gasteiger partial charge < -0.3 is 15.4 Å². The Morgan fingerprint density at radius 2 is 1.60 bits per heavy atom. The number of ether oxygens (including phenoxy) is 1. The Morgan fingerprint density at radius 3 is 2.29 bits per heavy atom. The van der Waals surface area contributed by atoms with Gasteiger partial charge in [-0.1, -0.05) is 48.9 Å². The monoisotopic (exact) mass is 495 g/mol. The molecule has 0 aliphatic rings. The molecule has 3 rings (SSSR count). The Kier molecular flexibility index (Phi) is 8.48. The Balaban J connectivity index is 1.96. The van der Waals surface area contributed by atoms with E-state index in [2.05, 4.69) is 10.6 Å². The number of para-hydroxylation sites is 3. The van der Waals surface area contributed by atoms with Gasteiger partial charge in [-0.3, -0.25) is 13.9 Å². The summed E-state index contributed by atoms with van der Waals surface area (Å²) in [7, 11) is -2.68. The van der Waals surface area contributed by atoms with Crippen LogP contribution in [0.2, 0.25) is 0 Å². The molecule has 0 unspecified atom stereocenters. The van der Waals surface area contributed by atoms with Gasteiger partial charge in [-0.25, -0.2) is 8.42 Å². The summed E-state index contributed by atoms with van der Waals surface area (Å²) in [6, 6.07) is 19.5. The predicted octanol–water partition coefficient (Wildman–Crippen LogP) is 3.98. The van der Waals surface area contributed by atoms with Crippen LogP contribution in [0.5, 0.6) is 5.75 Å². The highest BCUT2D eigenvalue weighted by Crippen LogP contribution is 2.32. The second-order valence-electron chi connectivity index (χ2n) is 7.85. The fourth-order valence-corrected chi connectivity index (χ4v) is 4.85. The highest BCUT2D eigenvalue weighted by atomic mass is 32.2. The lowest BCUT2D eigenvalue weighted by Crippen LogP contribution is -2.38. The molecule has 2 N–H and O–H groups in total. The number of aryl methyl sites for hydroxylation is 1. The maximum Gasteiger partial charge on any atom is 0.264 e. The van der Waals surface area contributed by atoms with Gasteiger partial charge in [0.25, 0.3) is 15.9 Å². The molecule has 9 heteroatoms. The highest BCUT2D eigenvalue weighted by Gasteiger charge is 2.29. The summed E-state index contributed by atoms with van der Waals surface area (Å²) in [5, 5.41) is 5.47. The smallest absolute Gasteiger partial charge is 0.264 e. The quantitative estimate of drug-likeness (QED) is 0.443. The van der Waals surface area contributed by atoms with Gasteiger partial charge in [0.2, 0.25) is 5.91 Å². The van der Waals surface area contributed by atoms with Crippen LogP contribution in [0.4, 0.5) is 11.4 Å². The minimum atomic E-state index is -4.12. The molecule has 0 spiro atoms. The number of benzene rings is 3. The number of hydrogen-bond donors (Lipinski definition) is 2. The molecule has 0 aliphatic heterocycles. The van der Waals surface area contributed by atoms with Crippen molar-refractivity contribution in [1.82, 2.24) is 5.32 Å². The highest BCUT2D eigenvalue weighted by molar-refractivity contribution is 7.92. The lowest BCUT2D eigenvalue weighted by atomic mass is 10.1. The van der Waals surface area contributed by atoms with E-state index in [9.17, 15) is 18.0 Å². The van der Waals surface area contributed by atoms with Gasteiger partial charge in [0.1, 0.15) is 12.3 Å². The first-order valence-corrected chi connectivity index (χ1v) is 12.6. The fraction of sp³-hybridized carbons (Fsp3) is 0.231. The van der Waals surface area contributed by atoms with E-state index >= 15 is 0 Å². The molecule has 0 aliphatic carbocycles. The Labute approximate surface area is 206 Å². The van der Waals surface area contributed by atoms with Crippen molar-refractivity contribution >= 4 is 33.2 Å². The minimum absolute atomic E-state index is 0.0427. The van der Waals surface area contributed by atoms with Crippen LogP contribution in [0.25, 0.3) is 0 Å². The third kappa shape index (κ3) is 6.19. The van der Waals surface area contributed by atoms with E-state index in [0.717, 1.165) is 16.3 Å². The number of hydrogen-bond acceptors (Lipinski definition) is 5. The van der Waals surface area contributed by atoms with Crippen LogP contribution < -0.4 is 19.7 Å². The van der Waals surface area contributed by atoms with Crippen LogP contribution in [0, 0.1) is 6.92 Å². The van der Waals surface area contributed by atoms with E-state index in [1.807, 2.05) is 13.8 Å². The third-order valence-corrected chi connectivity index (χ3v) is 7.01. The number of anilines is 2. The van der Waals surface area contributed by atoms with Crippen LogP contribution >= 0.6 is 0 Å². The first-order chi connectivity index (χ1) is 16.8. The summed E-state index contributed by atoms with van der Waals surface area (Å²) in [5.74, 6) is -0.630. The molecule has 0 radical (unpaired) electrons. The second kappa shape index (κ2) is 11.5. The zero-order chi connectivity index (χ0) is 25.4. The number of sulfonamides is 1. The SMILES string of the molecule is CCCNC(=O)c1ccccc1NC(=O)CN(c1ccccc1OC)S(=O)(=O)c1ccc(C)cc1. The van der Waals surface area contributed by atoms with Gasteiger partial charge in [-0.05, 0) is 49.7 Å². The zero-order valence-electron chi connectivity index (χ0n) is 19.9. The minimum Gasteiger partial charge on any atom is -0.495 e. The van der Waals surface area contributed by atoms with E-state index in [0.29, 0.717) is 23.5 Å². The molecule has 0 saturated carbocycles. The average molecular weight is 496 g/mol. The molecule has 2 amide bonds. The van der Waals surface area contributed by atoms with Gasteiger partial charge in [0.05, 0.1) is 28.9 Å². The molecule has 8 nitrogen and oxygen atoms in total. The number of nitrogens with zero attached hydrogens (tertiary/aromatic N) is 1. The van der Waals surface area contributed by atoms with Crippen molar-refractivity contribution in [2.75, 3.05) is 29.8 Å². The van der Waals surface area contributed by atoms with Crippen LogP contribution in [0.3, 0.4) is 0 Å². The number of rotatable bonds is 10. The molecular weight excluding hydrogens is 466 g/mol. The van der Waals surface area contributed by atoms with Crippen molar-refractivity contribution in [3.05, 3.63) is 83.9 Å². The van der Waals surface area contributed by atoms with Gasteiger partial charge in [0, 0.05) is 6.54 Å². The standard InChI is InChI=1S/C26H29N3O5S/c1-4-17-27-26(31)21-9-5-6-10-22(21)28-25(30)18-29(23-11-7-8-12-24(23)34-3)35(32,33)20-15-13-19(2)14-16-20/h5-16H,4,17-18H2,1-3H3,(H,27,31)(H,28,30). The van der Waals surface area contributed by atoms with Crippen molar-refractivity contribution in [2.24, 2.45) is 0 Å². The normalized spacial score (nSPS) is 10.9. The molecule has 3 aromatic rings. The van der Waals surface area contributed by atoms with Crippen molar-refractivity contribution in [3.8, 4) is 5.75 Å².